The van der Waals surface area contributed by atoms with Gasteiger partial charge in [0.25, 0.3) is 0 Å². The van der Waals surface area contributed by atoms with Crippen LogP contribution in [-0.2, 0) is 5.67 Å². The smallest absolute Gasteiger partial charge is 0.131 e. The van der Waals surface area contributed by atoms with Gasteiger partial charge in [-0.25, -0.2) is 4.39 Å². The average Bonchev–Trinajstić information content (AvgIpc) is 2.61. The summed E-state index contributed by atoms with van der Waals surface area (Å²) in [5.74, 6) is 0. The van der Waals surface area contributed by atoms with E-state index >= 15 is 0 Å². The number of rotatable bonds is 4. The molecule has 0 heterocycles. The number of aryl methyl sites for hydroxylation is 1. The van der Waals surface area contributed by atoms with Crippen molar-refractivity contribution in [3.63, 3.8) is 0 Å². The summed E-state index contributed by atoms with van der Waals surface area (Å²) in [6, 6.07) is 10.0. The Balaban J connectivity index is 0.000000542. The highest BCUT2D eigenvalue weighted by Gasteiger charge is 2.23. The highest BCUT2D eigenvalue weighted by Crippen LogP contribution is 2.34. The Bertz CT molecular complexity index is 803. The molecule has 2 aromatic carbocycles. The largest absolute Gasteiger partial charge is 0.239 e. The summed E-state index contributed by atoms with van der Waals surface area (Å²) in [7, 11) is 0. The lowest BCUT2D eigenvalue weighted by Crippen LogP contribution is -2.11. The van der Waals surface area contributed by atoms with Crippen LogP contribution in [0.15, 0.2) is 60.2 Å². The van der Waals surface area contributed by atoms with Gasteiger partial charge < -0.3 is 0 Å². The third kappa shape index (κ3) is 10.3. The normalized spacial score (nSPS) is 10.1. The molecule has 0 aromatic heterocycles. The minimum atomic E-state index is -1.32. The predicted octanol–water partition coefficient (Wildman–Crippen LogP) is 9.72. The lowest BCUT2D eigenvalue weighted by molar-refractivity contribution is 0.222. The zero-order chi connectivity index (χ0) is 22.6. The molecule has 0 unspecified atom stereocenters. The summed E-state index contributed by atoms with van der Waals surface area (Å²) in [4.78, 5) is 0. The fraction of sp³-hybridized carbons (Fsp3) is 0.429. The average molecular weight is 397 g/mol. The first-order chi connectivity index (χ1) is 13.5. The molecular weight excluding hydrogens is 355 g/mol. The van der Waals surface area contributed by atoms with Crippen molar-refractivity contribution in [2.24, 2.45) is 0 Å². The second-order valence-electron chi connectivity index (χ2n) is 8.29. The minimum absolute atomic E-state index is 0.783. The van der Waals surface area contributed by atoms with Gasteiger partial charge in [-0.3, -0.25) is 0 Å². The van der Waals surface area contributed by atoms with Crippen LogP contribution in [0.5, 0.6) is 0 Å². The van der Waals surface area contributed by atoms with E-state index in [1.165, 1.54) is 24.0 Å². The highest BCUT2D eigenvalue weighted by molar-refractivity contribution is 5.89. The number of fused-ring (bicyclic) bond motifs is 1. The first-order valence-corrected chi connectivity index (χ1v) is 10.6. The van der Waals surface area contributed by atoms with E-state index in [-0.39, 0.29) is 0 Å². The van der Waals surface area contributed by atoms with Gasteiger partial charge in [-0.15, -0.1) is 0 Å². The molecule has 0 radical (unpaired) electrons. The Labute approximate surface area is 179 Å². The van der Waals surface area contributed by atoms with Crippen LogP contribution in [0.25, 0.3) is 16.8 Å². The van der Waals surface area contributed by atoms with E-state index in [1.807, 2.05) is 37.3 Å². The molecule has 0 atom stereocenters. The Kier molecular flexibility index (Phi) is 12.2. The molecule has 1 heteroatoms. The van der Waals surface area contributed by atoms with Crippen LogP contribution in [0.2, 0.25) is 0 Å². The number of benzene rings is 2. The number of hydrogen-bond acceptors (Lipinski definition) is 0. The van der Waals surface area contributed by atoms with Gasteiger partial charge in [0.15, 0.2) is 0 Å². The third-order valence-electron chi connectivity index (χ3n) is 4.31. The maximum absolute atomic E-state index is 14.3. The Morgan fingerprint density at radius 2 is 1.45 bits per heavy atom. The first kappa shape index (κ1) is 26.9. The third-order valence-corrected chi connectivity index (χ3v) is 4.31. The van der Waals surface area contributed by atoms with Crippen molar-refractivity contribution in [3.8, 4) is 0 Å². The van der Waals surface area contributed by atoms with Crippen molar-refractivity contribution in [3.05, 3.63) is 76.9 Å². The molecule has 0 amide bonds. The van der Waals surface area contributed by atoms with Gasteiger partial charge in [0, 0.05) is 0 Å². The molecule has 0 N–H and O–H groups in total. The molecule has 0 aliphatic carbocycles. The zero-order valence-electron chi connectivity index (χ0n) is 20.1. The molecule has 0 aliphatic heterocycles. The van der Waals surface area contributed by atoms with E-state index in [0.717, 1.165) is 27.5 Å². The van der Waals surface area contributed by atoms with Crippen LogP contribution in [-0.4, -0.2) is 0 Å². The summed E-state index contributed by atoms with van der Waals surface area (Å²) in [5, 5.41) is 2.05. The molecule has 0 saturated heterocycles. The SMILES string of the molecule is C=Cc1ccc2c(C(C)(C)F)c(C)ccc2c1.CCC=C(C)C.CCC=C(C)C. The summed E-state index contributed by atoms with van der Waals surface area (Å²) in [5.41, 5.74) is 4.35. The van der Waals surface area contributed by atoms with Crippen LogP contribution in [0, 0.1) is 6.92 Å². The van der Waals surface area contributed by atoms with Crippen LogP contribution in [0.3, 0.4) is 0 Å². The molecule has 0 bridgehead atoms. The molecule has 0 spiro atoms. The Morgan fingerprint density at radius 1 is 0.931 bits per heavy atom. The van der Waals surface area contributed by atoms with Crippen molar-refractivity contribution in [2.45, 2.75) is 80.8 Å². The molecule has 29 heavy (non-hydrogen) atoms. The number of hydrogen-bond donors (Lipinski definition) is 0. The Hall–Kier alpha value is -2.15. The van der Waals surface area contributed by atoms with Crippen molar-refractivity contribution < 1.29 is 4.39 Å². The predicted molar refractivity (Wildman–Crippen MR) is 132 cm³/mol. The monoisotopic (exact) mass is 396 g/mol. The van der Waals surface area contributed by atoms with E-state index < -0.39 is 5.67 Å². The minimum Gasteiger partial charge on any atom is -0.239 e. The van der Waals surface area contributed by atoms with E-state index in [1.54, 1.807) is 19.9 Å². The number of allylic oxidation sites excluding steroid dienone is 4. The summed E-state index contributed by atoms with van der Waals surface area (Å²) in [6.45, 7) is 21.7. The zero-order valence-corrected chi connectivity index (χ0v) is 20.1. The number of alkyl halides is 1. The fourth-order valence-corrected chi connectivity index (χ4v) is 3.19. The van der Waals surface area contributed by atoms with Gasteiger partial charge in [-0.1, -0.05) is 74.1 Å². The molecule has 160 valence electrons. The number of halogens is 1. The second kappa shape index (κ2) is 13.1. The molecule has 0 nitrogen and oxygen atoms in total. The molecule has 0 fully saturated rings. The van der Waals surface area contributed by atoms with Gasteiger partial charge in [-0.2, -0.15) is 0 Å². The van der Waals surface area contributed by atoms with Crippen LogP contribution >= 0.6 is 0 Å². The van der Waals surface area contributed by atoms with Crippen molar-refractivity contribution in [2.75, 3.05) is 0 Å². The van der Waals surface area contributed by atoms with Gasteiger partial charge in [-0.05, 0) is 94.8 Å². The van der Waals surface area contributed by atoms with Gasteiger partial charge in [0.05, 0.1) is 0 Å². The standard InChI is InChI=1S/C16H17F.2C6H12/c1-5-12-7-9-14-13(10-12)8-6-11(2)15(14)16(3,4)17;2*1-4-5-6(2)3/h5-10H,1H2,2-4H3;2*5H,4H2,1-3H3. The van der Waals surface area contributed by atoms with Crippen molar-refractivity contribution >= 4 is 16.8 Å². The maximum atomic E-state index is 14.3. The first-order valence-electron chi connectivity index (χ1n) is 10.6. The van der Waals surface area contributed by atoms with Gasteiger partial charge >= 0.3 is 0 Å². The lowest BCUT2D eigenvalue weighted by Gasteiger charge is -2.20. The van der Waals surface area contributed by atoms with Gasteiger partial charge in [0.2, 0.25) is 0 Å². The van der Waals surface area contributed by atoms with Crippen LogP contribution < -0.4 is 0 Å². The van der Waals surface area contributed by atoms with Gasteiger partial charge in [0.1, 0.15) is 5.67 Å². The van der Waals surface area contributed by atoms with E-state index in [9.17, 15) is 4.39 Å². The fourth-order valence-electron chi connectivity index (χ4n) is 3.19. The van der Waals surface area contributed by atoms with Crippen molar-refractivity contribution in [1.82, 2.24) is 0 Å². The molecule has 2 rings (SSSR count). The quantitative estimate of drug-likeness (QED) is 0.451. The van der Waals surface area contributed by atoms with E-state index in [2.05, 4.69) is 60.3 Å². The Morgan fingerprint density at radius 3 is 1.79 bits per heavy atom. The van der Waals surface area contributed by atoms with E-state index in [0.29, 0.717) is 0 Å². The topological polar surface area (TPSA) is 0 Å². The summed E-state index contributed by atoms with van der Waals surface area (Å²) < 4.78 is 14.3. The molecule has 2 aromatic rings. The highest BCUT2D eigenvalue weighted by atomic mass is 19.1. The van der Waals surface area contributed by atoms with Crippen LogP contribution in [0.1, 0.15) is 84.9 Å². The van der Waals surface area contributed by atoms with Crippen LogP contribution in [0.4, 0.5) is 4.39 Å². The maximum Gasteiger partial charge on any atom is 0.131 e. The molecule has 0 saturated carbocycles. The summed E-state index contributed by atoms with van der Waals surface area (Å²) in [6.07, 6.45) is 8.56. The second-order valence-corrected chi connectivity index (χ2v) is 8.29. The molecule has 0 aliphatic rings. The lowest BCUT2D eigenvalue weighted by atomic mass is 9.89. The summed E-state index contributed by atoms with van der Waals surface area (Å²) >= 11 is 0. The van der Waals surface area contributed by atoms with E-state index in [4.69, 9.17) is 0 Å². The molecular formula is C28H41F. The van der Waals surface area contributed by atoms with Crippen molar-refractivity contribution in [1.29, 1.82) is 0 Å².